The standard InChI is InChI=1S/C30H30FN5O4/c1-30(2,3)40-29(38)34-22-9-11-36(12-10-22)26-15-21(17-33)27(18-5-6-20(16-32)23(31)13-18)28(35-26)19-7-8-25(39-4)24(37)14-19/h5-8,13-15,22,37H,9-12H2,1-4H3,(H,34,38). The summed E-state index contributed by atoms with van der Waals surface area (Å²) in [5.41, 5.74) is 1.17. The lowest BCUT2D eigenvalue weighted by Gasteiger charge is -2.34. The highest BCUT2D eigenvalue weighted by atomic mass is 19.1. The number of piperidine rings is 1. The monoisotopic (exact) mass is 543 g/mol. The van der Waals surface area contributed by atoms with Gasteiger partial charge in [0.15, 0.2) is 11.5 Å². The number of ether oxygens (including phenoxy) is 2. The fourth-order valence-corrected chi connectivity index (χ4v) is 4.61. The number of hydrogen-bond donors (Lipinski definition) is 2. The van der Waals surface area contributed by atoms with E-state index in [-0.39, 0.29) is 28.7 Å². The first-order valence-corrected chi connectivity index (χ1v) is 12.8. The third-order valence-corrected chi connectivity index (χ3v) is 6.50. The zero-order valence-electron chi connectivity index (χ0n) is 22.8. The number of anilines is 1. The predicted octanol–water partition coefficient (Wildman–Crippen LogP) is 5.51. The van der Waals surface area contributed by atoms with Gasteiger partial charge in [-0.25, -0.2) is 14.2 Å². The third kappa shape index (κ3) is 6.24. The zero-order chi connectivity index (χ0) is 29.0. The highest BCUT2D eigenvalue weighted by Crippen LogP contribution is 2.39. The summed E-state index contributed by atoms with van der Waals surface area (Å²) in [5, 5.41) is 32.7. The molecule has 1 aliphatic heterocycles. The van der Waals surface area contributed by atoms with E-state index in [0.29, 0.717) is 54.1 Å². The van der Waals surface area contributed by atoms with Gasteiger partial charge in [-0.2, -0.15) is 10.5 Å². The van der Waals surface area contributed by atoms with Crippen LogP contribution in [0.25, 0.3) is 22.4 Å². The van der Waals surface area contributed by atoms with Crippen molar-refractivity contribution in [1.29, 1.82) is 10.5 Å². The van der Waals surface area contributed by atoms with Gasteiger partial charge in [0, 0.05) is 30.3 Å². The lowest BCUT2D eigenvalue weighted by molar-refractivity contribution is 0.0497. The van der Waals surface area contributed by atoms with Crippen molar-refractivity contribution >= 4 is 11.9 Å². The minimum atomic E-state index is -0.712. The molecule has 0 aliphatic carbocycles. The van der Waals surface area contributed by atoms with Crippen molar-refractivity contribution in [1.82, 2.24) is 10.3 Å². The van der Waals surface area contributed by atoms with E-state index in [0.717, 1.165) is 0 Å². The summed E-state index contributed by atoms with van der Waals surface area (Å²) < 4.78 is 25.2. The molecular weight excluding hydrogens is 513 g/mol. The molecule has 0 unspecified atom stereocenters. The number of rotatable bonds is 5. The number of alkyl carbamates (subject to hydrolysis) is 1. The smallest absolute Gasteiger partial charge is 0.407 e. The number of benzene rings is 2. The molecule has 1 fully saturated rings. The van der Waals surface area contributed by atoms with Crippen molar-refractivity contribution in [3.05, 3.63) is 59.4 Å². The van der Waals surface area contributed by atoms with E-state index in [9.17, 15) is 19.6 Å². The van der Waals surface area contributed by atoms with Crippen LogP contribution in [0.15, 0.2) is 42.5 Å². The molecule has 206 valence electrons. The van der Waals surface area contributed by atoms with Crippen LogP contribution in [-0.2, 0) is 4.74 Å². The van der Waals surface area contributed by atoms with Crippen molar-refractivity contribution < 1.29 is 23.8 Å². The summed E-state index contributed by atoms with van der Waals surface area (Å²) in [5.74, 6) is -0.0193. The Labute approximate surface area is 232 Å². The Morgan fingerprint density at radius 3 is 2.33 bits per heavy atom. The van der Waals surface area contributed by atoms with E-state index in [2.05, 4.69) is 11.4 Å². The number of phenolic OH excluding ortho intramolecular Hbond substituents is 1. The molecule has 1 aromatic heterocycles. The van der Waals surface area contributed by atoms with Crippen LogP contribution in [0.5, 0.6) is 11.5 Å². The second kappa shape index (κ2) is 11.5. The average Bonchev–Trinajstić information content (AvgIpc) is 2.91. The van der Waals surface area contributed by atoms with E-state index in [4.69, 9.17) is 19.7 Å². The minimum Gasteiger partial charge on any atom is -0.504 e. The van der Waals surface area contributed by atoms with Gasteiger partial charge >= 0.3 is 6.09 Å². The van der Waals surface area contributed by atoms with Crippen LogP contribution in [0, 0.1) is 28.5 Å². The van der Waals surface area contributed by atoms with Gasteiger partial charge in [0.2, 0.25) is 0 Å². The van der Waals surface area contributed by atoms with Gasteiger partial charge in [0.25, 0.3) is 0 Å². The number of amides is 1. The van der Waals surface area contributed by atoms with Crippen LogP contribution in [0.1, 0.15) is 44.7 Å². The summed E-state index contributed by atoms with van der Waals surface area (Å²) in [4.78, 5) is 19.1. The zero-order valence-corrected chi connectivity index (χ0v) is 22.8. The molecule has 2 N–H and O–H groups in total. The van der Waals surface area contributed by atoms with E-state index < -0.39 is 17.5 Å². The number of carbonyl (C=O) groups excluding carboxylic acids is 1. The number of halogens is 1. The number of nitrogens with one attached hydrogen (secondary N) is 1. The lowest BCUT2D eigenvalue weighted by Crippen LogP contribution is -2.46. The molecule has 4 rings (SSSR count). The number of pyridine rings is 1. The summed E-state index contributed by atoms with van der Waals surface area (Å²) in [6.45, 7) is 6.56. The first kappa shape index (κ1) is 28.2. The lowest BCUT2D eigenvalue weighted by atomic mass is 9.93. The van der Waals surface area contributed by atoms with Gasteiger partial charge in [0.1, 0.15) is 23.3 Å². The second-order valence-electron chi connectivity index (χ2n) is 10.5. The molecule has 3 aromatic rings. The average molecular weight is 544 g/mol. The molecule has 9 nitrogen and oxygen atoms in total. The van der Waals surface area contributed by atoms with Crippen LogP contribution in [0.4, 0.5) is 15.0 Å². The number of hydrogen-bond acceptors (Lipinski definition) is 8. The summed E-state index contributed by atoms with van der Waals surface area (Å²) in [7, 11) is 1.44. The Hall–Kier alpha value is -4.83. The third-order valence-electron chi connectivity index (χ3n) is 6.50. The molecule has 1 amide bonds. The summed E-state index contributed by atoms with van der Waals surface area (Å²) in [6.07, 6.45) is 0.824. The Bertz CT molecular complexity index is 1510. The quantitative estimate of drug-likeness (QED) is 0.431. The van der Waals surface area contributed by atoms with Crippen molar-refractivity contribution in [2.75, 3.05) is 25.1 Å². The Kier molecular flexibility index (Phi) is 8.11. The number of nitriles is 2. The maximum atomic E-state index is 14.6. The fraction of sp³-hybridized carbons (Fsp3) is 0.333. The van der Waals surface area contributed by atoms with E-state index in [1.54, 1.807) is 30.3 Å². The van der Waals surface area contributed by atoms with Crippen LogP contribution in [0.3, 0.4) is 0 Å². The van der Waals surface area contributed by atoms with Gasteiger partial charge in [-0.15, -0.1) is 0 Å². The molecule has 1 aliphatic rings. The highest BCUT2D eigenvalue weighted by molar-refractivity contribution is 5.87. The number of phenols is 1. The van der Waals surface area contributed by atoms with Crippen molar-refractivity contribution in [3.63, 3.8) is 0 Å². The van der Waals surface area contributed by atoms with Gasteiger partial charge in [0.05, 0.1) is 30.0 Å². The SMILES string of the molecule is COc1ccc(-c2nc(N3CCC(NC(=O)OC(C)(C)C)CC3)cc(C#N)c2-c2ccc(C#N)c(F)c2)cc1O. The molecular formula is C30H30FN5O4. The number of carbonyl (C=O) groups is 1. The van der Waals surface area contributed by atoms with Crippen molar-refractivity contribution in [3.8, 4) is 46.0 Å². The largest absolute Gasteiger partial charge is 0.504 e. The van der Waals surface area contributed by atoms with Gasteiger partial charge in [-0.3, -0.25) is 0 Å². The number of aromatic nitrogens is 1. The molecule has 10 heteroatoms. The summed E-state index contributed by atoms with van der Waals surface area (Å²) in [6, 6.07) is 14.5. The first-order valence-electron chi connectivity index (χ1n) is 12.8. The second-order valence-corrected chi connectivity index (χ2v) is 10.5. The maximum Gasteiger partial charge on any atom is 0.407 e. The van der Waals surface area contributed by atoms with Crippen LogP contribution < -0.4 is 15.0 Å². The molecule has 2 aromatic carbocycles. The Morgan fingerprint density at radius 2 is 1.75 bits per heavy atom. The predicted molar refractivity (Wildman–Crippen MR) is 147 cm³/mol. The van der Waals surface area contributed by atoms with Crippen LogP contribution >= 0.6 is 0 Å². The normalized spacial score (nSPS) is 13.7. The fourth-order valence-electron chi connectivity index (χ4n) is 4.61. The van der Waals surface area contributed by atoms with Gasteiger partial charge < -0.3 is 24.8 Å². The van der Waals surface area contributed by atoms with Crippen molar-refractivity contribution in [2.45, 2.75) is 45.3 Å². The van der Waals surface area contributed by atoms with E-state index in [1.165, 1.54) is 25.3 Å². The highest BCUT2D eigenvalue weighted by Gasteiger charge is 2.26. The Balaban J connectivity index is 1.72. The van der Waals surface area contributed by atoms with Gasteiger partial charge in [-0.05, 0) is 75.6 Å². The van der Waals surface area contributed by atoms with Gasteiger partial charge in [-0.1, -0.05) is 6.07 Å². The summed E-state index contributed by atoms with van der Waals surface area (Å²) >= 11 is 0. The van der Waals surface area contributed by atoms with E-state index in [1.807, 2.05) is 25.7 Å². The number of methoxy groups -OCH3 is 1. The molecule has 2 heterocycles. The molecule has 0 bridgehead atoms. The minimum absolute atomic E-state index is 0.0690. The number of aromatic hydroxyl groups is 1. The molecule has 40 heavy (non-hydrogen) atoms. The van der Waals surface area contributed by atoms with Crippen LogP contribution in [0.2, 0.25) is 0 Å². The van der Waals surface area contributed by atoms with Crippen LogP contribution in [-0.4, -0.2) is 48.0 Å². The maximum absolute atomic E-state index is 14.6. The van der Waals surface area contributed by atoms with E-state index >= 15 is 0 Å². The van der Waals surface area contributed by atoms with Crippen molar-refractivity contribution in [2.24, 2.45) is 0 Å². The first-order chi connectivity index (χ1) is 19.0. The molecule has 0 saturated carbocycles. The Morgan fingerprint density at radius 1 is 1.07 bits per heavy atom. The molecule has 0 atom stereocenters. The topological polar surface area (TPSA) is 131 Å². The molecule has 1 saturated heterocycles. The molecule has 0 radical (unpaired) electrons. The number of nitrogens with zero attached hydrogens (tertiary/aromatic N) is 4. The molecule has 0 spiro atoms.